The molecule has 45 valence electrons. The van der Waals surface area contributed by atoms with Crippen LogP contribution in [0.3, 0.4) is 0 Å². The van der Waals surface area contributed by atoms with Crippen LogP contribution >= 0.6 is 0 Å². The van der Waals surface area contributed by atoms with Crippen LogP contribution in [-0.2, 0) is 20.5 Å². The van der Waals surface area contributed by atoms with E-state index >= 15 is 0 Å². The van der Waals surface area contributed by atoms with E-state index < -0.39 is 0 Å². The molecule has 0 aromatic heterocycles. The molecule has 0 saturated carbocycles. The predicted octanol–water partition coefficient (Wildman–Crippen LogP) is 1.34. The van der Waals surface area contributed by atoms with E-state index in [0.717, 1.165) is 0 Å². The maximum atomic E-state index is 8.67. The molecule has 0 saturated heterocycles. The summed E-state index contributed by atoms with van der Waals surface area (Å²) in [6, 6.07) is 0. The third kappa shape index (κ3) is 3460. The van der Waals surface area contributed by atoms with E-state index in [4.69, 9.17) is 4.79 Å². The van der Waals surface area contributed by atoms with Crippen molar-refractivity contribution in [2.75, 3.05) is 0 Å². The van der Waals surface area contributed by atoms with Gasteiger partial charge in [-0.05, 0) is 5.92 Å². The minimum atomic E-state index is 0.438. The molecule has 0 aromatic carbocycles. The zero-order valence-corrected chi connectivity index (χ0v) is 5.86. The molecule has 0 amide bonds. The van der Waals surface area contributed by atoms with Gasteiger partial charge in [0.1, 0.15) is 0 Å². The van der Waals surface area contributed by atoms with E-state index in [1.807, 2.05) is 0 Å². The molecule has 1 nitrogen and oxygen atoms in total. The summed E-state index contributed by atoms with van der Waals surface area (Å²) in [4.78, 5) is 8.67. The van der Waals surface area contributed by atoms with Crippen molar-refractivity contribution in [1.29, 1.82) is 0 Å². The molecule has 0 atom stereocenters. The summed E-state index contributed by atoms with van der Waals surface area (Å²) in [6.45, 7) is 6.25. The predicted molar refractivity (Wildman–Crippen MR) is 27.0 cm³/mol. The van der Waals surface area contributed by atoms with Gasteiger partial charge in [-0.25, -0.2) is 0 Å². The van der Waals surface area contributed by atoms with E-state index in [1.165, 1.54) is 5.92 Å². The fourth-order valence-electron chi connectivity index (χ4n) is 0. The minimum absolute atomic E-state index is 0.438. The van der Waals surface area contributed by atoms with E-state index in [1.54, 1.807) is 0 Å². The number of carbonyl (C=O) groups is 1. The molecule has 0 bridgehead atoms. The standard InChI is InChI=1S/C4H9.CHO.Co/c1-4(2)3;1-2;/h1-3H3;1H;. The molecule has 7 heavy (non-hydrogen) atoms. The van der Waals surface area contributed by atoms with E-state index in [2.05, 4.69) is 36.5 Å². The molecular formula is C5H10CoO. The van der Waals surface area contributed by atoms with Gasteiger partial charge in [0, 0.05) is 0 Å². The van der Waals surface area contributed by atoms with Gasteiger partial charge in [0.2, 0.25) is 0 Å². The SMILES string of the molecule is C[C](C)C.O=[CH][Co]. The van der Waals surface area contributed by atoms with Crippen LogP contribution in [0.4, 0.5) is 0 Å². The second-order valence-electron chi connectivity index (χ2n) is 1.58. The molecule has 0 fully saturated rings. The first-order valence-corrected chi connectivity index (χ1v) is 2.53. The third-order valence-electron chi connectivity index (χ3n) is 0. The quantitative estimate of drug-likeness (QED) is 0.470. The zero-order chi connectivity index (χ0) is 6.28. The van der Waals surface area contributed by atoms with Gasteiger partial charge in [0.15, 0.2) is 0 Å². The molecule has 0 aromatic rings. The number of hydrogen-bond donors (Lipinski definition) is 0. The van der Waals surface area contributed by atoms with E-state index in [0.29, 0.717) is 5.22 Å². The Morgan fingerprint density at radius 1 is 1.43 bits per heavy atom. The van der Waals surface area contributed by atoms with Gasteiger partial charge in [-0.3, -0.25) is 0 Å². The number of rotatable bonds is 0. The van der Waals surface area contributed by atoms with Crippen molar-refractivity contribution in [3.63, 3.8) is 0 Å². The van der Waals surface area contributed by atoms with Gasteiger partial charge in [-0.15, -0.1) is 0 Å². The molecule has 0 aliphatic carbocycles. The summed E-state index contributed by atoms with van der Waals surface area (Å²) < 4.78 is 0. The molecule has 0 heterocycles. The van der Waals surface area contributed by atoms with Crippen LogP contribution < -0.4 is 0 Å². The van der Waals surface area contributed by atoms with Gasteiger partial charge in [-0.1, -0.05) is 20.8 Å². The Labute approximate surface area is 53.1 Å². The van der Waals surface area contributed by atoms with Crippen LogP contribution in [0.25, 0.3) is 0 Å². The summed E-state index contributed by atoms with van der Waals surface area (Å²) in [6.07, 6.45) is 0. The first-order valence-electron chi connectivity index (χ1n) is 1.93. The third-order valence-corrected chi connectivity index (χ3v) is 0. The van der Waals surface area contributed by atoms with E-state index in [-0.39, 0.29) is 0 Å². The van der Waals surface area contributed by atoms with Crippen molar-refractivity contribution in [1.82, 2.24) is 0 Å². The summed E-state index contributed by atoms with van der Waals surface area (Å²) >= 11 is 3.15. The van der Waals surface area contributed by atoms with Crippen LogP contribution in [0.2, 0.25) is 0 Å². The van der Waals surface area contributed by atoms with Gasteiger partial charge in [0.05, 0.1) is 0 Å². The molecular weight excluding hydrogens is 135 g/mol. The summed E-state index contributed by atoms with van der Waals surface area (Å²) in [5, 5.41) is 0.438. The van der Waals surface area contributed by atoms with Crippen LogP contribution in [-0.4, -0.2) is 5.22 Å². The summed E-state index contributed by atoms with van der Waals surface area (Å²) in [5.41, 5.74) is 0. The number of hydrogen-bond acceptors (Lipinski definition) is 1. The Morgan fingerprint density at radius 2 is 1.43 bits per heavy atom. The monoisotopic (exact) mass is 145 g/mol. The average molecular weight is 145 g/mol. The molecule has 2 heteroatoms. The summed E-state index contributed by atoms with van der Waals surface area (Å²) in [5.74, 6) is 1.42. The van der Waals surface area contributed by atoms with Crippen molar-refractivity contribution in [3.05, 3.63) is 5.92 Å². The molecule has 0 spiro atoms. The van der Waals surface area contributed by atoms with E-state index in [9.17, 15) is 0 Å². The molecule has 0 unspecified atom stereocenters. The molecule has 0 rings (SSSR count). The fourth-order valence-corrected chi connectivity index (χ4v) is 0. The van der Waals surface area contributed by atoms with Gasteiger partial charge >= 0.3 is 25.8 Å². The Hall–Kier alpha value is 0.176. The Bertz CT molecular complexity index is 32.3. The molecule has 1 radical (unpaired) electrons. The van der Waals surface area contributed by atoms with Gasteiger partial charge in [0.25, 0.3) is 0 Å². The average Bonchev–Trinajstić information content (AvgIpc) is 1.33. The van der Waals surface area contributed by atoms with Crippen LogP contribution in [0.5, 0.6) is 0 Å². The Balaban J connectivity index is 0. The van der Waals surface area contributed by atoms with Crippen molar-refractivity contribution < 1.29 is 20.5 Å². The fraction of sp³-hybridized carbons (Fsp3) is 0.600. The molecule has 0 N–H and O–H groups in total. The second-order valence-corrected chi connectivity index (χ2v) is 1.82. The molecule has 0 aliphatic rings. The molecule has 0 aliphatic heterocycles. The van der Waals surface area contributed by atoms with Crippen LogP contribution in [0, 0.1) is 5.92 Å². The van der Waals surface area contributed by atoms with Crippen molar-refractivity contribution in [2.45, 2.75) is 20.8 Å². The number of carbonyl (C=O) groups excluding carboxylic acids is 1. The van der Waals surface area contributed by atoms with Gasteiger partial charge < -0.3 is 0 Å². The topological polar surface area (TPSA) is 17.1 Å². The maximum absolute atomic E-state index is 8.67. The first kappa shape index (κ1) is 10.2. The van der Waals surface area contributed by atoms with Gasteiger partial charge in [-0.2, -0.15) is 0 Å². The first-order chi connectivity index (χ1) is 3.15. The van der Waals surface area contributed by atoms with Crippen molar-refractivity contribution >= 4 is 5.22 Å². The van der Waals surface area contributed by atoms with Crippen molar-refractivity contribution in [3.8, 4) is 0 Å². The van der Waals surface area contributed by atoms with Crippen LogP contribution in [0.15, 0.2) is 0 Å². The zero-order valence-electron chi connectivity index (χ0n) is 4.82. The van der Waals surface area contributed by atoms with Crippen LogP contribution in [0.1, 0.15) is 20.8 Å². The Kier molecular flexibility index (Phi) is 13.8. The Morgan fingerprint density at radius 3 is 1.43 bits per heavy atom. The summed E-state index contributed by atoms with van der Waals surface area (Å²) in [7, 11) is 0. The second kappa shape index (κ2) is 9.49. The normalized spacial score (nSPS) is 7.14. The van der Waals surface area contributed by atoms with Crippen molar-refractivity contribution in [2.24, 2.45) is 0 Å².